The third-order valence-electron chi connectivity index (χ3n) is 4.12. The lowest BCUT2D eigenvalue weighted by Crippen LogP contribution is -2.31. The van der Waals surface area contributed by atoms with Crippen LogP contribution < -0.4 is 10.3 Å². The number of ether oxygens (including phenoxy) is 1. The summed E-state index contributed by atoms with van der Waals surface area (Å²) in [7, 11) is 3.28. The summed E-state index contributed by atoms with van der Waals surface area (Å²) in [5.41, 5.74) is 1.10. The number of aromatic nitrogens is 1. The van der Waals surface area contributed by atoms with Crippen molar-refractivity contribution in [3.8, 4) is 5.75 Å². The fourth-order valence-corrected chi connectivity index (χ4v) is 3.41. The van der Waals surface area contributed by atoms with Gasteiger partial charge in [0, 0.05) is 35.3 Å². The van der Waals surface area contributed by atoms with Crippen molar-refractivity contribution in [1.29, 1.82) is 0 Å². The van der Waals surface area contributed by atoms with E-state index in [1.807, 2.05) is 41.8 Å². The summed E-state index contributed by atoms with van der Waals surface area (Å²) in [5, 5.41) is 1.99. The molecule has 0 fully saturated rings. The molecule has 3 rings (SSSR count). The number of nitrogens with zero attached hydrogens (tertiary/aromatic N) is 2. The Bertz CT molecular complexity index is 948. The first kappa shape index (κ1) is 17.9. The second-order valence-electron chi connectivity index (χ2n) is 5.92. The molecule has 0 aliphatic carbocycles. The topological polar surface area (TPSA) is 51.5 Å². The molecule has 0 radical (unpaired) electrons. The molecule has 0 atom stereocenters. The molecule has 0 saturated heterocycles. The van der Waals surface area contributed by atoms with Crippen LogP contribution in [-0.4, -0.2) is 22.5 Å². The van der Waals surface area contributed by atoms with Crippen molar-refractivity contribution in [1.82, 2.24) is 9.47 Å². The number of rotatable bonds is 6. The van der Waals surface area contributed by atoms with Gasteiger partial charge in [0.2, 0.25) is 0 Å². The van der Waals surface area contributed by atoms with E-state index in [1.54, 1.807) is 42.7 Å². The third kappa shape index (κ3) is 4.03. The summed E-state index contributed by atoms with van der Waals surface area (Å²) < 4.78 is 6.86. The van der Waals surface area contributed by atoms with E-state index in [0.717, 1.165) is 16.2 Å². The first-order valence-corrected chi connectivity index (χ1v) is 9.06. The molecule has 0 aliphatic heterocycles. The zero-order valence-electron chi connectivity index (χ0n) is 14.7. The summed E-state index contributed by atoms with van der Waals surface area (Å²) in [6.07, 6.45) is 1.61. The number of thiophene rings is 1. The van der Waals surface area contributed by atoms with Crippen molar-refractivity contribution >= 4 is 17.2 Å². The summed E-state index contributed by atoms with van der Waals surface area (Å²) in [4.78, 5) is 27.8. The number of amides is 1. The normalized spacial score (nSPS) is 10.5. The molecule has 0 aliphatic rings. The van der Waals surface area contributed by atoms with E-state index < -0.39 is 0 Å². The highest BCUT2D eigenvalue weighted by molar-refractivity contribution is 7.09. The maximum Gasteiger partial charge on any atom is 0.254 e. The number of carbonyl (C=O) groups excluding carboxylic acids is 1. The molecule has 1 aromatic carbocycles. The minimum Gasteiger partial charge on any atom is -0.496 e. The van der Waals surface area contributed by atoms with Gasteiger partial charge in [-0.25, -0.2) is 0 Å². The van der Waals surface area contributed by atoms with Crippen LogP contribution >= 0.6 is 11.3 Å². The number of pyridine rings is 1. The third-order valence-corrected chi connectivity index (χ3v) is 4.98. The van der Waals surface area contributed by atoms with Crippen LogP contribution in [0.25, 0.3) is 0 Å². The van der Waals surface area contributed by atoms with Gasteiger partial charge >= 0.3 is 0 Å². The molecule has 2 aromatic heterocycles. The van der Waals surface area contributed by atoms with E-state index >= 15 is 0 Å². The molecule has 0 spiro atoms. The fourth-order valence-electron chi connectivity index (χ4n) is 2.69. The minimum atomic E-state index is -0.204. The zero-order valence-corrected chi connectivity index (χ0v) is 15.5. The first-order valence-electron chi connectivity index (χ1n) is 8.18. The Kier molecular flexibility index (Phi) is 5.53. The van der Waals surface area contributed by atoms with Crippen LogP contribution in [0.3, 0.4) is 0 Å². The van der Waals surface area contributed by atoms with Crippen LogP contribution in [0.15, 0.2) is 64.9 Å². The van der Waals surface area contributed by atoms with Gasteiger partial charge in [-0.2, -0.15) is 0 Å². The maximum atomic E-state index is 13.1. The summed E-state index contributed by atoms with van der Waals surface area (Å²) in [6, 6.07) is 14.7. The molecule has 0 saturated carbocycles. The Morgan fingerprint density at radius 1 is 1.15 bits per heavy atom. The van der Waals surface area contributed by atoms with Crippen LogP contribution in [-0.2, 0) is 20.1 Å². The van der Waals surface area contributed by atoms with Crippen LogP contribution in [0.5, 0.6) is 5.75 Å². The number of aryl methyl sites for hydroxylation is 1. The lowest BCUT2D eigenvalue weighted by atomic mass is 10.1. The number of carbonyl (C=O) groups is 1. The fraction of sp³-hybridized carbons (Fsp3) is 0.200. The number of para-hydroxylation sites is 1. The van der Waals surface area contributed by atoms with Crippen LogP contribution in [0.2, 0.25) is 0 Å². The second kappa shape index (κ2) is 8.01. The standard InChI is InChI=1S/C20H20N2O3S/c1-21-10-9-15(12-19(21)23)20(24)22(14-17-7-5-11-26-17)13-16-6-3-4-8-18(16)25-2/h3-12H,13-14H2,1-2H3. The van der Waals surface area contributed by atoms with Gasteiger partial charge in [-0.1, -0.05) is 24.3 Å². The summed E-state index contributed by atoms with van der Waals surface area (Å²) in [5.74, 6) is 0.558. The van der Waals surface area contributed by atoms with Gasteiger partial charge in [0.25, 0.3) is 11.5 Å². The first-order chi connectivity index (χ1) is 12.6. The lowest BCUT2D eigenvalue weighted by molar-refractivity contribution is 0.0730. The zero-order chi connectivity index (χ0) is 18.5. The lowest BCUT2D eigenvalue weighted by Gasteiger charge is -2.23. The molecule has 2 heterocycles. The van der Waals surface area contributed by atoms with Gasteiger partial charge in [-0.05, 0) is 23.6 Å². The van der Waals surface area contributed by atoms with E-state index in [1.165, 1.54) is 10.6 Å². The predicted molar refractivity (Wildman–Crippen MR) is 103 cm³/mol. The van der Waals surface area contributed by atoms with Crippen molar-refractivity contribution in [2.24, 2.45) is 7.05 Å². The number of benzene rings is 1. The van der Waals surface area contributed by atoms with E-state index in [4.69, 9.17) is 4.74 Å². The Hall–Kier alpha value is -2.86. The molecule has 0 unspecified atom stereocenters. The largest absolute Gasteiger partial charge is 0.496 e. The Labute approximate surface area is 156 Å². The number of methoxy groups -OCH3 is 1. The molecular formula is C20H20N2O3S. The Morgan fingerprint density at radius 2 is 1.96 bits per heavy atom. The van der Waals surface area contributed by atoms with Crippen molar-refractivity contribution in [3.63, 3.8) is 0 Å². The highest BCUT2D eigenvalue weighted by atomic mass is 32.1. The summed E-state index contributed by atoms with van der Waals surface area (Å²) in [6.45, 7) is 0.875. The quantitative estimate of drug-likeness (QED) is 0.671. The van der Waals surface area contributed by atoms with Gasteiger partial charge < -0.3 is 14.2 Å². The molecule has 134 valence electrons. The van der Waals surface area contributed by atoms with Crippen molar-refractivity contribution in [3.05, 3.63) is 86.5 Å². The van der Waals surface area contributed by atoms with Crippen molar-refractivity contribution < 1.29 is 9.53 Å². The molecule has 3 aromatic rings. The maximum absolute atomic E-state index is 13.1. The van der Waals surface area contributed by atoms with E-state index in [-0.39, 0.29) is 11.5 Å². The molecule has 0 N–H and O–H groups in total. The molecular weight excluding hydrogens is 348 g/mol. The second-order valence-corrected chi connectivity index (χ2v) is 6.95. The molecule has 6 heteroatoms. The van der Waals surface area contributed by atoms with E-state index in [2.05, 4.69) is 0 Å². The van der Waals surface area contributed by atoms with Crippen LogP contribution in [0.1, 0.15) is 20.8 Å². The predicted octanol–water partition coefficient (Wildman–Crippen LogP) is 3.30. The van der Waals surface area contributed by atoms with Gasteiger partial charge in [0.15, 0.2) is 0 Å². The van der Waals surface area contributed by atoms with Crippen LogP contribution in [0.4, 0.5) is 0 Å². The minimum absolute atomic E-state index is 0.179. The average Bonchev–Trinajstić information content (AvgIpc) is 3.16. The SMILES string of the molecule is COc1ccccc1CN(Cc1cccs1)C(=O)c1ccn(C)c(=O)c1. The molecule has 1 amide bonds. The highest BCUT2D eigenvalue weighted by Crippen LogP contribution is 2.22. The molecule has 5 nitrogen and oxygen atoms in total. The average molecular weight is 368 g/mol. The monoisotopic (exact) mass is 368 g/mol. The van der Waals surface area contributed by atoms with Crippen molar-refractivity contribution in [2.45, 2.75) is 13.1 Å². The van der Waals surface area contributed by atoms with Gasteiger partial charge in [-0.3, -0.25) is 9.59 Å². The van der Waals surface area contributed by atoms with Crippen LogP contribution in [0, 0.1) is 0 Å². The highest BCUT2D eigenvalue weighted by Gasteiger charge is 2.19. The van der Waals surface area contributed by atoms with Gasteiger partial charge in [-0.15, -0.1) is 11.3 Å². The van der Waals surface area contributed by atoms with Gasteiger partial charge in [0.1, 0.15) is 5.75 Å². The Balaban J connectivity index is 1.93. The number of hydrogen-bond acceptors (Lipinski definition) is 4. The van der Waals surface area contributed by atoms with E-state index in [0.29, 0.717) is 18.7 Å². The van der Waals surface area contributed by atoms with Gasteiger partial charge in [0.05, 0.1) is 20.2 Å². The molecule has 26 heavy (non-hydrogen) atoms. The number of hydrogen-bond donors (Lipinski definition) is 0. The smallest absolute Gasteiger partial charge is 0.254 e. The Morgan fingerprint density at radius 3 is 2.65 bits per heavy atom. The molecule has 0 bridgehead atoms. The summed E-state index contributed by atoms with van der Waals surface area (Å²) >= 11 is 1.60. The van der Waals surface area contributed by atoms with Crippen molar-refractivity contribution in [2.75, 3.05) is 7.11 Å². The van der Waals surface area contributed by atoms with E-state index in [9.17, 15) is 9.59 Å².